The van der Waals surface area contributed by atoms with Crippen molar-refractivity contribution < 1.29 is 23.8 Å². The molecule has 0 saturated carbocycles. The number of carbonyl (C=O) groups excluding carboxylic acids is 2. The van der Waals surface area contributed by atoms with E-state index in [4.69, 9.17) is 14.2 Å². The van der Waals surface area contributed by atoms with E-state index in [2.05, 4.69) is 12.2 Å². The normalized spacial score (nSPS) is 13.8. The van der Waals surface area contributed by atoms with E-state index in [-0.39, 0.29) is 30.2 Å². The average Bonchev–Trinajstić information content (AvgIpc) is 3.05. The summed E-state index contributed by atoms with van der Waals surface area (Å²) >= 11 is 0. The van der Waals surface area contributed by atoms with Crippen molar-refractivity contribution in [1.29, 1.82) is 0 Å². The highest BCUT2D eigenvalue weighted by atomic mass is 16.5. The molecule has 2 amide bonds. The van der Waals surface area contributed by atoms with Gasteiger partial charge in [0.1, 0.15) is 5.70 Å². The maximum absolute atomic E-state index is 13.4. The zero-order chi connectivity index (χ0) is 24.0. The number of anilines is 1. The Morgan fingerprint density at radius 2 is 1.64 bits per heavy atom. The number of ether oxygens (including phenoxy) is 3. The minimum absolute atomic E-state index is 0.0961. The summed E-state index contributed by atoms with van der Waals surface area (Å²) in [7, 11) is 3.09. The zero-order valence-corrected chi connectivity index (χ0v) is 19.9. The van der Waals surface area contributed by atoms with Crippen LogP contribution in [0, 0.1) is 0 Å². The molecule has 33 heavy (non-hydrogen) atoms. The highest BCUT2D eigenvalue weighted by molar-refractivity contribution is 6.36. The van der Waals surface area contributed by atoms with Crippen LogP contribution in [0.25, 0.3) is 5.57 Å². The summed E-state index contributed by atoms with van der Waals surface area (Å²) in [4.78, 5) is 28.0. The molecule has 0 bridgehead atoms. The molecule has 0 saturated heterocycles. The van der Waals surface area contributed by atoms with Crippen LogP contribution < -0.4 is 14.8 Å². The van der Waals surface area contributed by atoms with Gasteiger partial charge in [0.15, 0.2) is 11.5 Å². The Kier molecular flexibility index (Phi) is 8.11. The van der Waals surface area contributed by atoms with Crippen LogP contribution in [0.3, 0.4) is 0 Å². The molecule has 1 N–H and O–H groups in total. The summed E-state index contributed by atoms with van der Waals surface area (Å²) < 4.78 is 16.3. The molecule has 7 nitrogen and oxygen atoms in total. The van der Waals surface area contributed by atoms with Crippen molar-refractivity contribution in [2.75, 3.05) is 32.7 Å². The van der Waals surface area contributed by atoms with E-state index >= 15 is 0 Å². The summed E-state index contributed by atoms with van der Waals surface area (Å²) in [5.41, 5.74) is 3.08. The molecule has 0 aromatic heterocycles. The number of nitrogens with zero attached hydrogens (tertiary/aromatic N) is 1. The van der Waals surface area contributed by atoms with Gasteiger partial charge in [0.2, 0.25) is 0 Å². The van der Waals surface area contributed by atoms with Crippen LogP contribution in [0.15, 0.2) is 48.2 Å². The summed E-state index contributed by atoms with van der Waals surface area (Å²) in [6.45, 7) is 6.74. The van der Waals surface area contributed by atoms with Gasteiger partial charge < -0.3 is 19.5 Å². The third-order valence-corrected chi connectivity index (χ3v) is 5.45. The molecule has 0 atom stereocenters. The number of methoxy groups -OCH3 is 2. The molecule has 0 radical (unpaired) electrons. The fourth-order valence-electron chi connectivity index (χ4n) is 3.66. The number of carbonyl (C=O) groups is 2. The standard InChI is InChI=1S/C26H32N2O5/c1-6-18-8-11-20(12-9-18)27-24-23(19-10-13-21(31-4)22(16-19)32-5)25(29)28(26(24)30)14-7-15-33-17(2)3/h8-13,16-17,27H,6-7,14-15H2,1-5H3. The van der Waals surface area contributed by atoms with Gasteiger partial charge in [-0.05, 0) is 62.1 Å². The van der Waals surface area contributed by atoms with E-state index in [1.165, 1.54) is 17.6 Å². The predicted molar refractivity (Wildman–Crippen MR) is 128 cm³/mol. The molecule has 1 heterocycles. The Bertz CT molecular complexity index is 1030. The van der Waals surface area contributed by atoms with Gasteiger partial charge in [-0.15, -0.1) is 0 Å². The van der Waals surface area contributed by atoms with Gasteiger partial charge in [-0.2, -0.15) is 0 Å². The van der Waals surface area contributed by atoms with Crippen LogP contribution in [-0.2, 0) is 20.7 Å². The Labute approximate surface area is 195 Å². The number of benzene rings is 2. The largest absolute Gasteiger partial charge is 0.493 e. The topological polar surface area (TPSA) is 77.1 Å². The number of imide groups is 1. The summed E-state index contributed by atoms with van der Waals surface area (Å²) in [5, 5.41) is 3.19. The van der Waals surface area contributed by atoms with Crippen LogP contribution >= 0.6 is 0 Å². The van der Waals surface area contributed by atoms with Crippen molar-refractivity contribution >= 4 is 23.1 Å². The van der Waals surface area contributed by atoms with Crippen molar-refractivity contribution in [3.63, 3.8) is 0 Å². The van der Waals surface area contributed by atoms with Gasteiger partial charge in [0.05, 0.1) is 25.9 Å². The first-order chi connectivity index (χ1) is 15.9. The molecule has 1 aliphatic rings. The molecule has 0 unspecified atom stereocenters. The molecule has 2 aromatic rings. The minimum atomic E-state index is -0.353. The van der Waals surface area contributed by atoms with Crippen LogP contribution in [0.2, 0.25) is 0 Å². The zero-order valence-electron chi connectivity index (χ0n) is 19.9. The Morgan fingerprint density at radius 1 is 0.939 bits per heavy atom. The van der Waals surface area contributed by atoms with Crippen LogP contribution in [-0.4, -0.2) is 50.2 Å². The molecule has 2 aromatic carbocycles. The lowest BCUT2D eigenvalue weighted by Crippen LogP contribution is -2.34. The minimum Gasteiger partial charge on any atom is -0.493 e. The Morgan fingerprint density at radius 3 is 2.24 bits per heavy atom. The van der Waals surface area contributed by atoms with Crippen molar-refractivity contribution in [3.8, 4) is 11.5 Å². The second-order valence-corrected chi connectivity index (χ2v) is 8.03. The number of aryl methyl sites for hydroxylation is 1. The van der Waals surface area contributed by atoms with Crippen LogP contribution in [0.5, 0.6) is 11.5 Å². The molecular weight excluding hydrogens is 420 g/mol. The van der Waals surface area contributed by atoms with Gasteiger partial charge in [-0.25, -0.2) is 0 Å². The highest BCUT2D eigenvalue weighted by Gasteiger charge is 2.39. The van der Waals surface area contributed by atoms with Crippen molar-refractivity contribution in [2.24, 2.45) is 0 Å². The second kappa shape index (κ2) is 11.0. The van der Waals surface area contributed by atoms with Gasteiger partial charge in [0, 0.05) is 18.8 Å². The lowest BCUT2D eigenvalue weighted by molar-refractivity contribution is -0.137. The first-order valence-corrected chi connectivity index (χ1v) is 11.2. The Balaban J connectivity index is 1.96. The van der Waals surface area contributed by atoms with Gasteiger partial charge in [-0.3, -0.25) is 14.5 Å². The van der Waals surface area contributed by atoms with E-state index < -0.39 is 0 Å². The molecule has 0 spiro atoms. The number of rotatable bonds is 11. The fraction of sp³-hybridized carbons (Fsp3) is 0.385. The quantitative estimate of drug-likeness (QED) is 0.405. The number of nitrogens with one attached hydrogen (secondary N) is 1. The lowest BCUT2D eigenvalue weighted by atomic mass is 10.0. The van der Waals surface area contributed by atoms with Crippen LogP contribution in [0.4, 0.5) is 5.69 Å². The maximum atomic E-state index is 13.4. The van der Waals surface area contributed by atoms with Gasteiger partial charge in [-0.1, -0.05) is 25.1 Å². The first kappa shape index (κ1) is 24.3. The van der Waals surface area contributed by atoms with Crippen LogP contribution in [0.1, 0.15) is 38.3 Å². The van der Waals surface area contributed by atoms with E-state index in [0.29, 0.717) is 35.7 Å². The summed E-state index contributed by atoms with van der Waals surface area (Å²) in [6, 6.07) is 13.0. The summed E-state index contributed by atoms with van der Waals surface area (Å²) in [6.07, 6.45) is 1.58. The van der Waals surface area contributed by atoms with E-state index in [1.807, 2.05) is 38.1 Å². The highest BCUT2D eigenvalue weighted by Crippen LogP contribution is 2.35. The average molecular weight is 453 g/mol. The Hall–Kier alpha value is -3.32. The number of hydrogen-bond donors (Lipinski definition) is 1. The monoisotopic (exact) mass is 452 g/mol. The van der Waals surface area contributed by atoms with E-state index in [1.54, 1.807) is 25.3 Å². The molecule has 3 rings (SSSR count). The molecular formula is C26H32N2O5. The predicted octanol–water partition coefficient (Wildman–Crippen LogP) is 4.27. The first-order valence-electron chi connectivity index (χ1n) is 11.2. The molecule has 0 aliphatic carbocycles. The summed E-state index contributed by atoms with van der Waals surface area (Å²) in [5.74, 6) is 0.336. The number of amides is 2. The number of hydrogen-bond acceptors (Lipinski definition) is 6. The van der Waals surface area contributed by atoms with Gasteiger partial charge >= 0.3 is 0 Å². The lowest BCUT2D eigenvalue weighted by Gasteiger charge is -2.16. The SMILES string of the molecule is CCc1ccc(NC2=C(c3ccc(OC)c(OC)c3)C(=O)N(CCCOC(C)C)C2=O)cc1. The van der Waals surface area contributed by atoms with Gasteiger partial charge in [0.25, 0.3) is 11.8 Å². The van der Waals surface area contributed by atoms with E-state index in [0.717, 1.165) is 12.1 Å². The molecule has 1 aliphatic heterocycles. The second-order valence-electron chi connectivity index (χ2n) is 8.03. The molecule has 0 fully saturated rings. The van der Waals surface area contributed by atoms with Crippen molar-refractivity contribution in [1.82, 2.24) is 4.90 Å². The maximum Gasteiger partial charge on any atom is 0.278 e. The van der Waals surface area contributed by atoms with Crippen molar-refractivity contribution in [2.45, 2.75) is 39.7 Å². The fourth-order valence-corrected chi connectivity index (χ4v) is 3.66. The molecule has 7 heteroatoms. The third-order valence-electron chi connectivity index (χ3n) is 5.45. The third kappa shape index (κ3) is 5.54. The van der Waals surface area contributed by atoms with E-state index in [9.17, 15) is 9.59 Å². The smallest absolute Gasteiger partial charge is 0.278 e. The van der Waals surface area contributed by atoms with Crippen molar-refractivity contribution in [3.05, 3.63) is 59.3 Å². The molecule has 176 valence electrons.